The minimum Gasteiger partial charge on any atom is -0.337 e. The molecule has 4 heterocycles. The highest BCUT2D eigenvalue weighted by molar-refractivity contribution is 5.94. The van der Waals surface area contributed by atoms with Crippen LogP contribution in [0.25, 0.3) is 5.65 Å². The summed E-state index contributed by atoms with van der Waals surface area (Å²) in [7, 11) is 0. The van der Waals surface area contributed by atoms with Crippen LogP contribution in [0.15, 0.2) is 18.3 Å². The molecule has 128 valence electrons. The smallest absolute Gasteiger partial charge is 0.255 e. The van der Waals surface area contributed by atoms with Gasteiger partial charge in [-0.1, -0.05) is 12.8 Å². The monoisotopic (exact) mass is 328 g/mol. The van der Waals surface area contributed by atoms with Crippen molar-refractivity contribution in [1.82, 2.24) is 29.8 Å². The maximum absolute atomic E-state index is 12.9. The topological polar surface area (TPSA) is 66.6 Å². The second-order valence-electron chi connectivity index (χ2n) is 6.90. The molecule has 7 heteroatoms. The molecule has 0 aromatic carbocycles. The van der Waals surface area contributed by atoms with Gasteiger partial charge in [-0.3, -0.25) is 9.69 Å². The van der Waals surface area contributed by atoms with Crippen LogP contribution >= 0.6 is 0 Å². The van der Waals surface area contributed by atoms with E-state index in [1.807, 2.05) is 11.0 Å². The van der Waals surface area contributed by atoms with E-state index in [1.165, 1.54) is 45.2 Å². The van der Waals surface area contributed by atoms with E-state index in [1.54, 1.807) is 16.8 Å². The molecular weight excluding hydrogens is 304 g/mol. The van der Waals surface area contributed by atoms with Crippen LogP contribution in [0.4, 0.5) is 0 Å². The van der Waals surface area contributed by atoms with Crippen molar-refractivity contribution in [2.45, 2.75) is 44.6 Å². The maximum atomic E-state index is 12.9. The number of amides is 1. The first-order valence-electron chi connectivity index (χ1n) is 9.02. The minimum absolute atomic E-state index is 0.0897. The molecule has 0 N–H and O–H groups in total. The lowest BCUT2D eigenvalue weighted by Crippen LogP contribution is -2.50. The van der Waals surface area contributed by atoms with Gasteiger partial charge in [0.05, 0.1) is 5.56 Å². The first-order chi connectivity index (χ1) is 11.8. The lowest BCUT2D eigenvalue weighted by Gasteiger charge is -2.39. The third kappa shape index (κ3) is 3.13. The molecule has 2 aliphatic rings. The summed E-state index contributed by atoms with van der Waals surface area (Å²) >= 11 is 0. The van der Waals surface area contributed by atoms with Crippen LogP contribution in [0.5, 0.6) is 0 Å². The molecule has 24 heavy (non-hydrogen) atoms. The van der Waals surface area contributed by atoms with Crippen molar-refractivity contribution in [1.29, 1.82) is 0 Å². The Bertz CT molecular complexity index is 706. The van der Waals surface area contributed by atoms with Crippen molar-refractivity contribution < 1.29 is 4.79 Å². The largest absolute Gasteiger partial charge is 0.337 e. The van der Waals surface area contributed by atoms with Gasteiger partial charge in [0.2, 0.25) is 0 Å². The number of tetrazole rings is 1. The molecule has 1 amide bonds. The van der Waals surface area contributed by atoms with Crippen LogP contribution in [0.2, 0.25) is 0 Å². The lowest BCUT2D eigenvalue weighted by atomic mass is 10.0. The average molecular weight is 328 g/mol. The van der Waals surface area contributed by atoms with Crippen LogP contribution in [0.1, 0.15) is 48.9 Å². The molecule has 0 aliphatic carbocycles. The Morgan fingerprint density at radius 3 is 2.71 bits per heavy atom. The number of rotatable bonds is 2. The number of piperidine rings is 1. The SMILES string of the molecule is O=C(c1ccc2nnnn2c1)N1CCC[C@H](N2CCCCCC2)C1. The van der Waals surface area contributed by atoms with Crippen molar-refractivity contribution in [3.63, 3.8) is 0 Å². The van der Waals surface area contributed by atoms with E-state index in [2.05, 4.69) is 20.4 Å². The Kier molecular flexibility index (Phi) is 4.42. The zero-order valence-electron chi connectivity index (χ0n) is 14.0. The highest BCUT2D eigenvalue weighted by Gasteiger charge is 2.28. The summed E-state index contributed by atoms with van der Waals surface area (Å²) in [6.45, 7) is 4.05. The number of pyridine rings is 1. The summed E-state index contributed by atoms with van der Waals surface area (Å²) in [6.07, 6.45) is 9.29. The van der Waals surface area contributed by atoms with Gasteiger partial charge in [-0.05, 0) is 61.3 Å². The third-order valence-electron chi connectivity index (χ3n) is 5.28. The Morgan fingerprint density at radius 2 is 1.88 bits per heavy atom. The van der Waals surface area contributed by atoms with Crippen LogP contribution in [0.3, 0.4) is 0 Å². The molecule has 2 aromatic heterocycles. The first kappa shape index (κ1) is 15.5. The molecule has 4 rings (SSSR count). The van der Waals surface area contributed by atoms with E-state index < -0.39 is 0 Å². The average Bonchev–Trinajstić information content (AvgIpc) is 2.93. The summed E-state index contributed by atoms with van der Waals surface area (Å²) in [4.78, 5) is 17.5. The summed E-state index contributed by atoms with van der Waals surface area (Å²) in [5.74, 6) is 0.0897. The molecule has 0 bridgehead atoms. The molecule has 0 radical (unpaired) electrons. The van der Waals surface area contributed by atoms with Crippen molar-refractivity contribution in [2.75, 3.05) is 26.2 Å². The van der Waals surface area contributed by atoms with E-state index in [0.29, 0.717) is 17.3 Å². The Labute approximate surface area is 141 Å². The zero-order valence-corrected chi connectivity index (χ0v) is 14.0. The van der Waals surface area contributed by atoms with Crippen molar-refractivity contribution in [3.8, 4) is 0 Å². The number of likely N-dealkylation sites (tertiary alicyclic amines) is 2. The number of hydrogen-bond acceptors (Lipinski definition) is 5. The van der Waals surface area contributed by atoms with Gasteiger partial charge in [0.1, 0.15) is 0 Å². The van der Waals surface area contributed by atoms with Gasteiger partial charge < -0.3 is 4.90 Å². The van der Waals surface area contributed by atoms with Gasteiger partial charge >= 0.3 is 0 Å². The maximum Gasteiger partial charge on any atom is 0.255 e. The van der Waals surface area contributed by atoms with Crippen molar-refractivity contribution in [3.05, 3.63) is 23.9 Å². The minimum atomic E-state index is 0.0897. The summed E-state index contributed by atoms with van der Waals surface area (Å²) < 4.78 is 1.56. The second kappa shape index (κ2) is 6.84. The second-order valence-corrected chi connectivity index (χ2v) is 6.90. The molecule has 0 spiro atoms. The lowest BCUT2D eigenvalue weighted by molar-refractivity contribution is 0.0578. The number of carbonyl (C=O) groups is 1. The quantitative estimate of drug-likeness (QED) is 0.838. The zero-order chi connectivity index (χ0) is 16.4. The fourth-order valence-electron chi connectivity index (χ4n) is 3.95. The number of carbonyl (C=O) groups excluding carboxylic acids is 1. The fourth-order valence-corrected chi connectivity index (χ4v) is 3.95. The van der Waals surface area contributed by atoms with Gasteiger partial charge in [0, 0.05) is 25.3 Å². The number of aromatic nitrogens is 4. The third-order valence-corrected chi connectivity index (χ3v) is 5.28. The Hall–Kier alpha value is -2.02. The van der Waals surface area contributed by atoms with Crippen LogP contribution < -0.4 is 0 Å². The van der Waals surface area contributed by atoms with Crippen LogP contribution in [-0.4, -0.2) is 68.0 Å². The molecule has 1 atom stereocenters. The van der Waals surface area contributed by atoms with E-state index in [9.17, 15) is 4.79 Å². The van der Waals surface area contributed by atoms with Crippen LogP contribution in [0, 0.1) is 0 Å². The van der Waals surface area contributed by atoms with Crippen molar-refractivity contribution >= 4 is 11.6 Å². The van der Waals surface area contributed by atoms with Crippen LogP contribution in [-0.2, 0) is 0 Å². The van der Waals surface area contributed by atoms with Gasteiger partial charge in [-0.15, -0.1) is 5.10 Å². The summed E-state index contributed by atoms with van der Waals surface area (Å²) in [5.41, 5.74) is 1.32. The molecule has 2 fully saturated rings. The number of nitrogens with zero attached hydrogens (tertiary/aromatic N) is 6. The molecular formula is C17H24N6O. The standard InChI is InChI=1S/C17H24N6O/c24-17(14-7-8-16-18-19-20-23(16)12-14)22-11-5-6-15(13-22)21-9-3-1-2-4-10-21/h7-8,12,15H,1-6,9-11,13H2/t15-/m0/s1. The molecule has 7 nitrogen and oxygen atoms in total. The van der Waals surface area contributed by atoms with Gasteiger partial charge in [0.25, 0.3) is 5.91 Å². The Morgan fingerprint density at radius 1 is 1.04 bits per heavy atom. The predicted octanol–water partition coefficient (Wildman–Crippen LogP) is 1.60. The van der Waals surface area contributed by atoms with E-state index in [0.717, 1.165) is 19.5 Å². The Balaban J connectivity index is 1.47. The van der Waals surface area contributed by atoms with Gasteiger partial charge in [0.15, 0.2) is 5.65 Å². The van der Waals surface area contributed by atoms with E-state index in [-0.39, 0.29) is 5.91 Å². The highest BCUT2D eigenvalue weighted by atomic mass is 16.2. The molecule has 0 saturated carbocycles. The summed E-state index contributed by atoms with van der Waals surface area (Å²) in [5, 5.41) is 11.4. The van der Waals surface area contributed by atoms with Gasteiger partial charge in [-0.25, -0.2) is 0 Å². The van der Waals surface area contributed by atoms with Crippen molar-refractivity contribution in [2.24, 2.45) is 0 Å². The highest BCUT2D eigenvalue weighted by Crippen LogP contribution is 2.21. The molecule has 2 aliphatic heterocycles. The normalized spacial score (nSPS) is 23.3. The first-order valence-corrected chi connectivity index (χ1v) is 9.02. The molecule has 2 aromatic rings. The van der Waals surface area contributed by atoms with E-state index >= 15 is 0 Å². The number of hydrogen-bond donors (Lipinski definition) is 0. The fraction of sp³-hybridized carbons (Fsp3) is 0.647. The molecule has 0 unspecified atom stereocenters. The predicted molar refractivity (Wildman–Crippen MR) is 89.7 cm³/mol. The summed E-state index contributed by atoms with van der Waals surface area (Å²) in [6, 6.07) is 4.13. The molecule has 2 saturated heterocycles. The van der Waals surface area contributed by atoms with E-state index in [4.69, 9.17) is 0 Å². The van der Waals surface area contributed by atoms with Gasteiger partial charge in [-0.2, -0.15) is 4.52 Å². The number of fused-ring (bicyclic) bond motifs is 1.